The number of hydrogen-bond acceptors (Lipinski definition) is 4. The Bertz CT molecular complexity index is 447. The summed E-state index contributed by atoms with van der Waals surface area (Å²) in [5.41, 5.74) is 0.970. The summed E-state index contributed by atoms with van der Waals surface area (Å²) in [5, 5.41) is 3.37. The zero-order valence-corrected chi connectivity index (χ0v) is 10.1. The lowest BCUT2D eigenvalue weighted by Crippen LogP contribution is -2.30. The first-order valence-corrected chi connectivity index (χ1v) is 7.12. The first-order chi connectivity index (χ1) is 7.58. The van der Waals surface area contributed by atoms with Gasteiger partial charge in [-0.3, -0.25) is 0 Å². The first kappa shape index (κ1) is 11.5. The summed E-state index contributed by atoms with van der Waals surface area (Å²) >= 11 is 0. The fourth-order valence-corrected chi connectivity index (χ4v) is 3.36. The van der Waals surface area contributed by atoms with E-state index >= 15 is 0 Å². The maximum absolute atomic E-state index is 12.0. The van der Waals surface area contributed by atoms with Gasteiger partial charge in [-0.2, -0.15) is 0 Å². The van der Waals surface area contributed by atoms with Crippen LogP contribution < -0.4 is 5.32 Å². The van der Waals surface area contributed by atoms with Crippen molar-refractivity contribution in [2.75, 3.05) is 12.3 Å². The number of nitrogens with one attached hydrogen (secondary N) is 1. The van der Waals surface area contributed by atoms with Crippen LogP contribution in [0.25, 0.3) is 0 Å². The molecule has 4 nitrogen and oxygen atoms in total. The lowest BCUT2D eigenvalue weighted by molar-refractivity contribution is 0.573. The van der Waals surface area contributed by atoms with Crippen molar-refractivity contribution in [1.82, 2.24) is 10.3 Å². The Hall–Kier alpha value is -0.940. The highest BCUT2D eigenvalue weighted by Crippen LogP contribution is 2.14. The largest absolute Gasteiger partial charge is 0.313 e. The molecule has 0 amide bonds. The van der Waals surface area contributed by atoms with Gasteiger partial charge in [0, 0.05) is 12.2 Å². The van der Waals surface area contributed by atoms with Crippen LogP contribution in [0.5, 0.6) is 0 Å². The van der Waals surface area contributed by atoms with Gasteiger partial charge >= 0.3 is 0 Å². The second-order valence-corrected chi connectivity index (χ2v) is 6.23. The number of sulfone groups is 1. The van der Waals surface area contributed by atoms with Crippen molar-refractivity contribution in [3.63, 3.8) is 0 Å². The number of hydrogen-bond donors (Lipinski definition) is 1. The van der Waals surface area contributed by atoms with Crippen LogP contribution >= 0.6 is 0 Å². The highest BCUT2D eigenvalue weighted by Gasteiger charge is 2.24. The summed E-state index contributed by atoms with van der Waals surface area (Å²) < 4.78 is 24.0. The predicted molar refractivity (Wildman–Crippen MR) is 62.1 cm³/mol. The highest BCUT2D eigenvalue weighted by molar-refractivity contribution is 7.91. The molecule has 1 aromatic rings. The Balaban J connectivity index is 2.14. The van der Waals surface area contributed by atoms with E-state index in [1.807, 2.05) is 6.92 Å². The average molecular weight is 240 g/mol. The van der Waals surface area contributed by atoms with Gasteiger partial charge in [-0.05, 0) is 37.9 Å². The monoisotopic (exact) mass is 240 g/mol. The van der Waals surface area contributed by atoms with Crippen molar-refractivity contribution in [2.45, 2.75) is 30.8 Å². The third-order valence-corrected chi connectivity index (χ3v) is 4.51. The minimum absolute atomic E-state index is 0.0908. The van der Waals surface area contributed by atoms with E-state index in [2.05, 4.69) is 10.3 Å². The summed E-state index contributed by atoms with van der Waals surface area (Å²) in [5.74, 6) is 0.156. The molecule has 2 rings (SSSR count). The van der Waals surface area contributed by atoms with E-state index in [9.17, 15) is 8.42 Å². The Kier molecular flexibility index (Phi) is 3.25. The first-order valence-electron chi connectivity index (χ1n) is 5.47. The molecule has 1 aliphatic rings. The van der Waals surface area contributed by atoms with Crippen molar-refractivity contribution in [3.8, 4) is 0 Å². The maximum Gasteiger partial charge on any atom is 0.197 e. The Morgan fingerprint density at radius 3 is 2.88 bits per heavy atom. The summed E-state index contributed by atoms with van der Waals surface area (Å²) in [6.07, 6.45) is 3.58. The molecular formula is C11H16N2O2S. The second-order valence-electron chi connectivity index (χ2n) is 4.25. The van der Waals surface area contributed by atoms with Crippen LogP contribution in [0.4, 0.5) is 0 Å². The average Bonchev–Trinajstić information content (AvgIpc) is 2.70. The molecule has 2 heterocycles. The maximum atomic E-state index is 12.0. The van der Waals surface area contributed by atoms with E-state index in [-0.39, 0.29) is 16.8 Å². The number of aromatic nitrogens is 1. The van der Waals surface area contributed by atoms with E-state index in [0.717, 1.165) is 24.9 Å². The predicted octanol–water partition coefficient (Wildman–Crippen LogP) is 0.916. The van der Waals surface area contributed by atoms with Crippen molar-refractivity contribution < 1.29 is 8.42 Å². The molecule has 0 aromatic carbocycles. The molecule has 1 atom stereocenters. The van der Waals surface area contributed by atoms with E-state index in [1.54, 1.807) is 18.3 Å². The molecule has 0 aliphatic carbocycles. The number of rotatable bonds is 3. The molecule has 1 aliphatic heterocycles. The Labute approximate surface area is 96.0 Å². The lowest BCUT2D eigenvalue weighted by Gasteiger charge is -2.10. The molecule has 5 heteroatoms. The van der Waals surface area contributed by atoms with Crippen molar-refractivity contribution in [1.29, 1.82) is 0 Å². The number of pyridine rings is 1. The van der Waals surface area contributed by atoms with Crippen molar-refractivity contribution >= 4 is 9.84 Å². The van der Waals surface area contributed by atoms with Gasteiger partial charge in [-0.25, -0.2) is 13.4 Å². The molecule has 1 saturated heterocycles. The van der Waals surface area contributed by atoms with Gasteiger partial charge in [-0.15, -0.1) is 0 Å². The molecule has 0 radical (unpaired) electrons. The smallest absolute Gasteiger partial charge is 0.197 e. The fraction of sp³-hybridized carbons (Fsp3) is 0.545. The summed E-state index contributed by atoms with van der Waals surface area (Å²) in [7, 11) is -3.23. The van der Waals surface area contributed by atoms with Crippen LogP contribution in [-0.2, 0) is 9.84 Å². The van der Waals surface area contributed by atoms with Gasteiger partial charge in [0.15, 0.2) is 14.9 Å². The van der Waals surface area contributed by atoms with Crippen LogP contribution in [0.15, 0.2) is 23.4 Å². The summed E-state index contributed by atoms with van der Waals surface area (Å²) in [4.78, 5) is 3.98. The topological polar surface area (TPSA) is 59.1 Å². The number of aryl methyl sites for hydroxylation is 1. The van der Waals surface area contributed by atoms with Gasteiger partial charge in [0.1, 0.15) is 0 Å². The lowest BCUT2D eigenvalue weighted by atomic mass is 10.3. The third kappa shape index (κ3) is 2.59. The molecule has 1 aromatic heterocycles. The second kappa shape index (κ2) is 4.51. The molecule has 16 heavy (non-hydrogen) atoms. The molecule has 0 spiro atoms. The van der Waals surface area contributed by atoms with E-state index < -0.39 is 9.84 Å². The van der Waals surface area contributed by atoms with Crippen LogP contribution in [-0.4, -0.2) is 31.7 Å². The molecule has 0 unspecified atom stereocenters. The van der Waals surface area contributed by atoms with Gasteiger partial charge < -0.3 is 5.32 Å². The van der Waals surface area contributed by atoms with Crippen molar-refractivity contribution in [2.24, 2.45) is 0 Å². The quantitative estimate of drug-likeness (QED) is 0.853. The normalized spacial score (nSPS) is 21.2. The minimum Gasteiger partial charge on any atom is -0.313 e. The molecule has 1 N–H and O–H groups in total. The fourth-order valence-electron chi connectivity index (χ4n) is 1.89. The van der Waals surface area contributed by atoms with Crippen LogP contribution in [0.3, 0.4) is 0 Å². The summed E-state index contributed by atoms with van der Waals surface area (Å²) in [6.45, 7) is 2.81. The molecular weight excluding hydrogens is 224 g/mol. The molecule has 0 bridgehead atoms. The standard InChI is InChI=1S/C11H16N2O2S/c1-9-4-5-11(13-7-9)16(14,15)8-10-3-2-6-12-10/h4-5,7,10,12H,2-3,6,8H2,1H3/t10-/m0/s1. The van der Waals surface area contributed by atoms with Gasteiger partial charge in [0.2, 0.25) is 0 Å². The Morgan fingerprint density at radius 2 is 2.31 bits per heavy atom. The minimum atomic E-state index is -3.23. The van der Waals surface area contributed by atoms with E-state index in [1.165, 1.54) is 0 Å². The zero-order chi connectivity index (χ0) is 11.6. The zero-order valence-electron chi connectivity index (χ0n) is 9.31. The number of nitrogens with zero attached hydrogens (tertiary/aromatic N) is 1. The SMILES string of the molecule is Cc1ccc(S(=O)(=O)C[C@@H]2CCCN2)nc1. The third-order valence-electron chi connectivity index (χ3n) is 2.79. The van der Waals surface area contributed by atoms with Gasteiger partial charge in [0.05, 0.1) is 5.75 Å². The van der Waals surface area contributed by atoms with Crippen LogP contribution in [0.2, 0.25) is 0 Å². The molecule has 88 valence electrons. The van der Waals surface area contributed by atoms with Gasteiger partial charge in [0.25, 0.3) is 0 Å². The van der Waals surface area contributed by atoms with Crippen LogP contribution in [0.1, 0.15) is 18.4 Å². The van der Waals surface area contributed by atoms with E-state index in [0.29, 0.717) is 0 Å². The molecule has 1 fully saturated rings. The highest BCUT2D eigenvalue weighted by atomic mass is 32.2. The van der Waals surface area contributed by atoms with Gasteiger partial charge in [-0.1, -0.05) is 6.07 Å². The molecule has 0 saturated carbocycles. The van der Waals surface area contributed by atoms with Crippen LogP contribution in [0, 0.1) is 6.92 Å². The van der Waals surface area contributed by atoms with E-state index in [4.69, 9.17) is 0 Å². The summed E-state index contributed by atoms with van der Waals surface area (Å²) in [6, 6.07) is 3.45. The van der Waals surface area contributed by atoms with Crippen molar-refractivity contribution in [3.05, 3.63) is 23.9 Å². The Morgan fingerprint density at radius 1 is 1.50 bits per heavy atom.